The van der Waals surface area contributed by atoms with Gasteiger partial charge in [-0.2, -0.15) is 4.98 Å². The topological polar surface area (TPSA) is 58.0 Å². The van der Waals surface area contributed by atoms with Gasteiger partial charge in [0.05, 0.1) is 12.2 Å². The molecule has 0 amide bonds. The molecule has 3 heterocycles. The summed E-state index contributed by atoms with van der Waals surface area (Å²) in [6, 6.07) is 1.94. The molecule has 2 aromatic heterocycles. The molecular weight excluding hydrogens is 288 g/mol. The average molecular weight is 312 g/mol. The summed E-state index contributed by atoms with van der Waals surface area (Å²) in [6.45, 7) is 10.9. The van der Waals surface area contributed by atoms with E-state index < -0.39 is 0 Å². The van der Waals surface area contributed by atoms with Crippen LogP contribution in [-0.4, -0.2) is 33.5 Å². The van der Waals surface area contributed by atoms with Gasteiger partial charge in [0.1, 0.15) is 11.6 Å². The second-order valence-corrected chi connectivity index (χ2v) is 7.00. The molecule has 0 aromatic carbocycles. The summed E-state index contributed by atoms with van der Waals surface area (Å²) in [5, 5.41) is 0. The normalized spacial score (nSPS) is 14.0. The highest BCUT2D eigenvalue weighted by Crippen LogP contribution is 2.27. The van der Waals surface area contributed by atoms with Crippen molar-refractivity contribution >= 4 is 11.8 Å². The molecule has 0 saturated heterocycles. The molecule has 1 aliphatic rings. The molecule has 3 rings (SSSR count). The van der Waals surface area contributed by atoms with Gasteiger partial charge in [0.15, 0.2) is 0 Å². The third-order valence-corrected chi connectivity index (χ3v) is 4.10. The molecule has 1 aliphatic heterocycles. The van der Waals surface area contributed by atoms with Crippen molar-refractivity contribution in [2.45, 2.75) is 46.2 Å². The van der Waals surface area contributed by atoms with Crippen molar-refractivity contribution in [2.24, 2.45) is 0 Å². The van der Waals surface area contributed by atoms with Gasteiger partial charge in [-0.05, 0) is 13.0 Å². The smallest absolute Gasteiger partial charge is 0.227 e. The van der Waals surface area contributed by atoms with Crippen molar-refractivity contribution in [3.05, 3.63) is 35.5 Å². The Bertz CT molecular complexity index is 706. The Morgan fingerprint density at radius 2 is 1.96 bits per heavy atom. The summed E-state index contributed by atoms with van der Waals surface area (Å²) in [6.07, 6.45) is 3.77. The van der Waals surface area contributed by atoms with Crippen molar-refractivity contribution in [3.63, 3.8) is 0 Å². The molecule has 0 radical (unpaired) electrons. The molecule has 6 nitrogen and oxygen atoms in total. The van der Waals surface area contributed by atoms with Gasteiger partial charge in [0.25, 0.3) is 0 Å². The average Bonchev–Trinajstić information content (AvgIpc) is 2.96. The molecule has 2 aromatic rings. The molecule has 0 bridgehead atoms. The zero-order valence-electron chi connectivity index (χ0n) is 14.5. The van der Waals surface area contributed by atoms with Gasteiger partial charge in [0.2, 0.25) is 5.95 Å². The van der Waals surface area contributed by atoms with Crippen LogP contribution in [-0.2, 0) is 18.5 Å². The number of hydrogen-bond donors (Lipinski definition) is 0. The summed E-state index contributed by atoms with van der Waals surface area (Å²) in [5.74, 6) is 2.58. The van der Waals surface area contributed by atoms with Crippen molar-refractivity contribution in [3.8, 4) is 0 Å². The Balaban J connectivity index is 1.85. The predicted molar refractivity (Wildman–Crippen MR) is 91.6 cm³/mol. The molecule has 0 saturated carbocycles. The van der Waals surface area contributed by atoms with Crippen LogP contribution in [0.4, 0.5) is 11.8 Å². The predicted octanol–water partition coefficient (Wildman–Crippen LogP) is 2.54. The van der Waals surface area contributed by atoms with Crippen LogP contribution in [0.1, 0.15) is 44.8 Å². The SMILES string of the molecule is CCN(C)c1ccnc(N2Cc3cnc(C(C)(C)C)nc3C2)n1. The van der Waals surface area contributed by atoms with Gasteiger partial charge in [-0.1, -0.05) is 20.8 Å². The van der Waals surface area contributed by atoms with E-state index in [1.807, 2.05) is 25.5 Å². The number of hydrogen-bond acceptors (Lipinski definition) is 6. The number of fused-ring (bicyclic) bond motifs is 1. The first-order valence-electron chi connectivity index (χ1n) is 8.03. The molecule has 122 valence electrons. The summed E-state index contributed by atoms with van der Waals surface area (Å²) in [5.41, 5.74) is 2.21. The van der Waals surface area contributed by atoms with E-state index in [1.165, 1.54) is 0 Å². The summed E-state index contributed by atoms with van der Waals surface area (Å²) in [4.78, 5) is 22.6. The lowest BCUT2D eigenvalue weighted by Gasteiger charge is -2.19. The van der Waals surface area contributed by atoms with Gasteiger partial charge < -0.3 is 9.80 Å². The molecule has 0 N–H and O–H groups in total. The highest BCUT2D eigenvalue weighted by Gasteiger charge is 2.26. The Morgan fingerprint density at radius 3 is 2.65 bits per heavy atom. The Morgan fingerprint density at radius 1 is 1.17 bits per heavy atom. The van der Waals surface area contributed by atoms with Gasteiger partial charge in [-0.3, -0.25) is 0 Å². The Hall–Kier alpha value is -2.24. The summed E-state index contributed by atoms with van der Waals surface area (Å²) < 4.78 is 0. The van der Waals surface area contributed by atoms with Gasteiger partial charge in [0, 0.05) is 43.5 Å². The van der Waals surface area contributed by atoms with E-state index in [2.05, 4.69) is 52.4 Å². The number of nitrogens with zero attached hydrogens (tertiary/aromatic N) is 6. The zero-order chi connectivity index (χ0) is 16.6. The molecule has 6 heteroatoms. The highest BCUT2D eigenvalue weighted by atomic mass is 15.3. The van der Waals surface area contributed by atoms with Crippen molar-refractivity contribution in [2.75, 3.05) is 23.4 Å². The standard InChI is InChI=1S/C17H24N6/c1-6-22(5)14-7-8-18-16(21-14)23-10-12-9-19-15(17(2,3)4)20-13(12)11-23/h7-9H,6,10-11H2,1-5H3. The van der Waals surface area contributed by atoms with Crippen LogP contribution in [0.2, 0.25) is 0 Å². The molecule has 0 unspecified atom stereocenters. The third-order valence-electron chi connectivity index (χ3n) is 4.10. The fourth-order valence-electron chi connectivity index (χ4n) is 2.52. The van der Waals surface area contributed by atoms with Crippen LogP contribution < -0.4 is 9.80 Å². The van der Waals surface area contributed by atoms with E-state index in [-0.39, 0.29) is 5.41 Å². The van der Waals surface area contributed by atoms with Crippen LogP contribution >= 0.6 is 0 Å². The van der Waals surface area contributed by atoms with Crippen LogP contribution in [0, 0.1) is 0 Å². The van der Waals surface area contributed by atoms with Crippen LogP contribution in [0.5, 0.6) is 0 Å². The van der Waals surface area contributed by atoms with Gasteiger partial charge >= 0.3 is 0 Å². The highest BCUT2D eigenvalue weighted by molar-refractivity contribution is 5.46. The van der Waals surface area contributed by atoms with E-state index in [0.29, 0.717) is 0 Å². The lowest BCUT2D eigenvalue weighted by atomic mass is 9.95. The summed E-state index contributed by atoms with van der Waals surface area (Å²) >= 11 is 0. The summed E-state index contributed by atoms with van der Waals surface area (Å²) in [7, 11) is 2.03. The first-order valence-corrected chi connectivity index (χ1v) is 8.03. The second-order valence-electron chi connectivity index (χ2n) is 7.00. The van der Waals surface area contributed by atoms with E-state index >= 15 is 0 Å². The zero-order valence-corrected chi connectivity index (χ0v) is 14.5. The largest absolute Gasteiger partial charge is 0.360 e. The molecule has 0 atom stereocenters. The molecule has 0 spiro atoms. The fraction of sp³-hybridized carbons (Fsp3) is 0.529. The first kappa shape index (κ1) is 15.6. The second kappa shape index (κ2) is 5.76. The maximum atomic E-state index is 4.76. The number of rotatable bonds is 3. The molecule has 0 aliphatic carbocycles. The van der Waals surface area contributed by atoms with Crippen LogP contribution in [0.3, 0.4) is 0 Å². The van der Waals surface area contributed by atoms with E-state index in [1.54, 1.807) is 0 Å². The maximum Gasteiger partial charge on any atom is 0.227 e. The third kappa shape index (κ3) is 3.11. The lowest BCUT2D eigenvalue weighted by molar-refractivity contribution is 0.541. The van der Waals surface area contributed by atoms with E-state index in [0.717, 1.165) is 48.5 Å². The minimum atomic E-state index is -0.0390. The van der Waals surface area contributed by atoms with E-state index in [4.69, 9.17) is 4.98 Å². The number of anilines is 2. The van der Waals surface area contributed by atoms with Crippen molar-refractivity contribution in [1.29, 1.82) is 0 Å². The molecule has 0 fully saturated rings. The van der Waals surface area contributed by atoms with E-state index in [9.17, 15) is 0 Å². The minimum Gasteiger partial charge on any atom is -0.360 e. The number of aromatic nitrogens is 4. The molecule has 23 heavy (non-hydrogen) atoms. The maximum absolute atomic E-state index is 4.76. The van der Waals surface area contributed by atoms with Crippen molar-refractivity contribution in [1.82, 2.24) is 19.9 Å². The fourth-order valence-corrected chi connectivity index (χ4v) is 2.52. The first-order chi connectivity index (χ1) is 10.9. The van der Waals surface area contributed by atoms with Crippen molar-refractivity contribution < 1.29 is 0 Å². The Labute approximate surface area is 137 Å². The molecular formula is C17H24N6. The minimum absolute atomic E-state index is 0.0390. The Kier molecular flexibility index (Phi) is 3.92. The van der Waals surface area contributed by atoms with Gasteiger partial charge in [-0.15, -0.1) is 0 Å². The lowest BCUT2D eigenvalue weighted by Crippen LogP contribution is -2.21. The van der Waals surface area contributed by atoms with Gasteiger partial charge in [-0.25, -0.2) is 15.0 Å². The van der Waals surface area contributed by atoms with Crippen LogP contribution in [0.15, 0.2) is 18.5 Å². The monoisotopic (exact) mass is 312 g/mol. The quantitative estimate of drug-likeness (QED) is 0.868. The van der Waals surface area contributed by atoms with Crippen LogP contribution in [0.25, 0.3) is 0 Å².